The molecule has 0 bridgehead atoms. The lowest BCUT2D eigenvalue weighted by Crippen LogP contribution is -2.34. The van der Waals surface area contributed by atoms with Crippen LogP contribution in [-0.4, -0.2) is 31.5 Å². The Bertz CT molecular complexity index is 1410. The Hall–Kier alpha value is -3.56. The van der Waals surface area contributed by atoms with Crippen LogP contribution in [0, 0.1) is 6.92 Å². The van der Waals surface area contributed by atoms with Gasteiger partial charge in [-0.3, -0.25) is 19.1 Å². The van der Waals surface area contributed by atoms with Crippen LogP contribution in [0.4, 0.5) is 5.69 Å². The first-order valence-electron chi connectivity index (χ1n) is 9.53. The molecule has 1 atom stereocenters. The van der Waals surface area contributed by atoms with Gasteiger partial charge in [0.15, 0.2) is 0 Å². The number of nitrogens with zero attached hydrogens (tertiary/aromatic N) is 3. The highest BCUT2D eigenvalue weighted by molar-refractivity contribution is 7.17. The van der Waals surface area contributed by atoms with Crippen LogP contribution in [0.3, 0.4) is 0 Å². The molecule has 3 aromatic heterocycles. The van der Waals surface area contributed by atoms with Crippen molar-refractivity contribution in [3.63, 3.8) is 0 Å². The first-order chi connectivity index (χ1) is 15.3. The van der Waals surface area contributed by atoms with Crippen molar-refractivity contribution in [3.05, 3.63) is 74.6 Å². The number of fused-ring (bicyclic) bond motifs is 1. The van der Waals surface area contributed by atoms with E-state index in [1.807, 2.05) is 0 Å². The van der Waals surface area contributed by atoms with E-state index >= 15 is 0 Å². The maximum Gasteiger partial charge on any atom is 0.337 e. The summed E-state index contributed by atoms with van der Waals surface area (Å²) in [5.41, 5.74) is 1.03. The van der Waals surface area contributed by atoms with E-state index in [-0.39, 0.29) is 21.6 Å². The topological polar surface area (TPSA) is 114 Å². The summed E-state index contributed by atoms with van der Waals surface area (Å²) < 4.78 is 1.21. The van der Waals surface area contributed by atoms with Gasteiger partial charge in [-0.1, -0.05) is 17.7 Å². The molecule has 0 aliphatic rings. The van der Waals surface area contributed by atoms with E-state index in [1.54, 1.807) is 56.6 Å². The van der Waals surface area contributed by atoms with Crippen LogP contribution in [0.1, 0.15) is 28.9 Å². The Balaban J connectivity index is 1.89. The molecule has 3 heterocycles. The van der Waals surface area contributed by atoms with E-state index < -0.39 is 23.5 Å². The van der Waals surface area contributed by atoms with Crippen LogP contribution in [0.15, 0.2) is 52.9 Å². The third kappa shape index (κ3) is 3.76. The van der Waals surface area contributed by atoms with Crippen LogP contribution in [-0.2, 0) is 4.79 Å². The number of amides is 1. The molecule has 1 aromatic carbocycles. The predicted molar refractivity (Wildman–Crippen MR) is 124 cm³/mol. The minimum atomic E-state index is -1.23. The fourth-order valence-electron chi connectivity index (χ4n) is 3.32. The van der Waals surface area contributed by atoms with E-state index in [0.29, 0.717) is 21.8 Å². The minimum absolute atomic E-state index is 0.0288. The quantitative estimate of drug-likeness (QED) is 0.449. The van der Waals surface area contributed by atoms with Gasteiger partial charge in [-0.25, -0.2) is 9.78 Å². The summed E-state index contributed by atoms with van der Waals surface area (Å²) in [6, 6.07) is 7.47. The molecule has 0 saturated heterocycles. The van der Waals surface area contributed by atoms with Gasteiger partial charge in [-0.2, -0.15) is 0 Å². The molecule has 0 aliphatic carbocycles. The van der Waals surface area contributed by atoms with Gasteiger partial charge < -0.3 is 10.4 Å². The van der Waals surface area contributed by atoms with Gasteiger partial charge in [-0.05, 0) is 43.7 Å². The second-order valence-corrected chi connectivity index (χ2v) is 8.32. The van der Waals surface area contributed by atoms with Crippen LogP contribution >= 0.6 is 22.9 Å². The molecule has 1 amide bonds. The fourth-order valence-corrected chi connectivity index (χ4v) is 4.40. The summed E-state index contributed by atoms with van der Waals surface area (Å²) in [4.78, 5) is 47.1. The van der Waals surface area contributed by atoms with Crippen molar-refractivity contribution in [1.29, 1.82) is 0 Å². The van der Waals surface area contributed by atoms with E-state index in [2.05, 4.69) is 15.3 Å². The van der Waals surface area contributed by atoms with Crippen molar-refractivity contribution in [2.24, 2.45) is 0 Å². The van der Waals surface area contributed by atoms with Crippen molar-refractivity contribution in [2.75, 3.05) is 5.32 Å². The number of aromatic nitrogens is 3. The van der Waals surface area contributed by atoms with E-state index in [4.69, 9.17) is 11.6 Å². The van der Waals surface area contributed by atoms with E-state index in [0.717, 1.165) is 11.3 Å². The van der Waals surface area contributed by atoms with Crippen molar-refractivity contribution >= 4 is 50.7 Å². The Morgan fingerprint density at radius 1 is 1.22 bits per heavy atom. The molecule has 8 nitrogen and oxygen atoms in total. The van der Waals surface area contributed by atoms with Crippen molar-refractivity contribution < 1.29 is 14.7 Å². The number of halogens is 1. The number of benzene rings is 1. The average Bonchev–Trinajstić information content (AvgIpc) is 3.22. The third-order valence-corrected chi connectivity index (χ3v) is 6.38. The highest BCUT2D eigenvalue weighted by Crippen LogP contribution is 2.28. The molecule has 0 aliphatic heterocycles. The zero-order valence-corrected chi connectivity index (χ0v) is 18.6. The molecule has 4 aromatic rings. The Kier molecular flexibility index (Phi) is 5.77. The maximum absolute atomic E-state index is 13.5. The van der Waals surface area contributed by atoms with Gasteiger partial charge in [0.25, 0.3) is 5.56 Å². The number of carboxylic acids is 1. The molecular weight excluding hydrogens is 452 g/mol. The van der Waals surface area contributed by atoms with Gasteiger partial charge in [0.2, 0.25) is 5.91 Å². The molecule has 0 fully saturated rings. The van der Waals surface area contributed by atoms with E-state index in [9.17, 15) is 19.5 Å². The molecule has 2 N–H and O–H groups in total. The molecule has 32 heavy (non-hydrogen) atoms. The first-order valence-corrected chi connectivity index (χ1v) is 10.8. The molecule has 162 valence electrons. The number of hydrogen-bond acceptors (Lipinski definition) is 6. The van der Waals surface area contributed by atoms with Crippen molar-refractivity contribution in [2.45, 2.75) is 19.9 Å². The zero-order chi connectivity index (χ0) is 23.0. The van der Waals surface area contributed by atoms with E-state index in [1.165, 1.54) is 9.95 Å². The van der Waals surface area contributed by atoms with Gasteiger partial charge in [0, 0.05) is 34.0 Å². The van der Waals surface area contributed by atoms with Crippen LogP contribution in [0.5, 0.6) is 0 Å². The average molecular weight is 469 g/mol. The van der Waals surface area contributed by atoms with Crippen LogP contribution in [0.2, 0.25) is 5.02 Å². The Morgan fingerprint density at radius 3 is 2.62 bits per heavy atom. The second kappa shape index (κ2) is 8.52. The fraction of sp³-hybridized carbons (Fsp3) is 0.136. The number of aromatic carboxylic acids is 1. The van der Waals surface area contributed by atoms with Gasteiger partial charge in [0.05, 0.1) is 10.9 Å². The Labute approximate surface area is 191 Å². The van der Waals surface area contributed by atoms with Crippen LogP contribution < -0.4 is 10.9 Å². The van der Waals surface area contributed by atoms with Crippen molar-refractivity contribution in [3.8, 4) is 11.4 Å². The maximum atomic E-state index is 13.5. The summed E-state index contributed by atoms with van der Waals surface area (Å²) in [6.45, 7) is 3.33. The number of nitrogens with one attached hydrogen (secondary N) is 1. The number of hydrogen-bond donors (Lipinski definition) is 2. The number of anilines is 1. The first kappa shape index (κ1) is 21.7. The highest BCUT2D eigenvalue weighted by atomic mass is 35.5. The number of carbonyl (C=O) groups is 2. The molecule has 1 unspecified atom stereocenters. The predicted octanol–water partition coefficient (Wildman–Crippen LogP) is 4.38. The number of carbonyl (C=O) groups excluding carboxylic acids is 1. The van der Waals surface area contributed by atoms with Crippen LogP contribution in [0.25, 0.3) is 21.6 Å². The zero-order valence-electron chi connectivity index (χ0n) is 17.0. The highest BCUT2D eigenvalue weighted by Gasteiger charge is 2.26. The summed E-state index contributed by atoms with van der Waals surface area (Å²) in [6.07, 6.45) is 3.10. The number of thiophene rings is 1. The number of carboxylic acid groups (broad SMARTS) is 1. The minimum Gasteiger partial charge on any atom is -0.478 e. The lowest BCUT2D eigenvalue weighted by molar-refractivity contribution is -0.118. The van der Waals surface area contributed by atoms with Gasteiger partial charge >= 0.3 is 5.97 Å². The largest absolute Gasteiger partial charge is 0.478 e. The second-order valence-electron chi connectivity index (χ2n) is 7.06. The molecule has 4 rings (SSSR count). The SMILES string of the molecule is Cc1c(Cl)cccc1NC(=O)C(C)n1c(-c2ccncc2)nc2scc(C(=O)O)c2c1=O. The molecule has 0 saturated carbocycles. The molecular formula is C22H17ClN4O4S. The Morgan fingerprint density at radius 2 is 1.94 bits per heavy atom. The molecule has 0 spiro atoms. The lowest BCUT2D eigenvalue weighted by atomic mass is 10.1. The normalized spacial score (nSPS) is 12.0. The number of pyridine rings is 1. The lowest BCUT2D eigenvalue weighted by Gasteiger charge is -2.20. The molecule has 0 radical (unpaired) electrons. The third-order valence-electron chi connectivity index (χ3n) is 5.10. The summed E-state index contributed by atoms with van der Waals surface area (Å²) >= 11 is 7.21. The summed E-state index contributed by atoms with van der Waals surface area (Å²) in [5.74, 6) is -1.46. The van der Waals surface area contributed by atoms with Crippen molar-refractivity contribution in [1.82, 2.24) is 14.5 Å². The van der Waals surface area contributed by atoms with Gasteiger partial charge in [-0.15, -0.1) is 11.3 Å². The molecule has 10 heteroatoms. The standard InChI is InChI=1S/C22H17ClN4O4S/c1-11-15(23)4-3-5-16(11)25-19(28)12(2)27-18(13-6-8-24-9-7-13)26-20-17(21(27)29)14(10-32-20)22(30)31/h3-10,12H,1-2H3,(H,25,28)(H,30,31). The summed E-state index contributed by atoms with van der Waals surface area (Å²) in [7, 11) is 0. The smallest absolute Gasteiger partial charge is 0.337 e. The monoisotopic (exact) mass is 468 g/mol. The number of rotatable bonds is 5. The van der Waals surface area contributed by atoms with Gasteiger partial charge in [0.1, 0.15) is 16.7 Å². The summed E-state index contributed by atoms with van der Waals surface area (Å²) in [5, 5.41) is 14.1.